The van der Waals surface area contributed by atoms with Gasteiger partial charge in [0.1, 0.15) is 5.60 Å². The SMILES string of the molecule is [O]C12CC3(C[C]1C3)C2. The summed E-state index contributed by atoms with van der Waals surface area (Å²) in [5, 5.41) is 11.3. The summed E-state index contributed by atoms with van der Waals surface area (Å²) < 4.78 is 0. The lowest BCUT2D eigenvalue weighted by Gasteiger charge is -2.37. The Bertz CT molecular complexity index is 148. The molecule has 42 valence electrons. The van der Waals surface area contributed by atoms with E-state index in [-0.39, 0.29) is 0 Å². The molecule has 6 rings (SSSR count). The molecule has 0 saturated heterocycles. The number of hydrogen-bond donors (Lipinski definition) is 0. The Balaban J connectivity index is 2.16. The highest BCUT2D eigenvalue weighted by Gasteiger charge is 2.75. The first kappa shape index (κ1) is 3.89. The van der Waals surface area contributed by atoms with Crippen molar-refractivity contribution in [3.63, 3.8) is 0 Å². The van der Waals surface area contributed by atoms with Crippen LogP contribution in [0.1, 0.15) is 25.7 Å². The van der Waals surface area contributed by atoms with E-state index in [2.05, 4.69) is 0 Å². The number of hydrogen-bond acceptors (Lipinski definition) is 0. The normalized spacial score (nSPS) is 67.1. The largest absolute Gasteiger partial charge is 0.229 e. The van der Waals surface area contributed by atoms with Crippen LogP contribution in [0.4, 0.5) is 0 Å². The predicted molar refractivity (Wildman–Crippen MR) is 27.6 cm³/mol. The molecule has 0 atom stereocenters. The van der Waals surface area contributed by atoms with Crippen molar-refractivity contribution < 1.29 is 5.11 Å². The molecule has 0 aliphatic heterocycles. The Hall–Kier alpha value is -0.0400. The lowest BCUT2D eigenvalue weighted by Crippen LogP contribution is -2.35. The Kier molecular flexibility index (Phi) is 0.334. The molecule has 0 heterocycles. The molecular formula is C7H8O. The zero-order valence-corrected chi connectivity index (χ0v) is 4.74. The molecule has 1 nitrogen and oxygen atoms in total. The molecule has 0 unspecified atom stereocenters. The molecule has 1 heteroatoms. The topological polar surface area (TPSA) is 19.9 Å². The van der Waals surface area contributed by atoms with Gasteiger partial charge in [0.25, 0.3) is 0 Å². The summed E-state index contributed by atoms with van der Waals surface area (Å²) >= 11 is 0. The van der Waals surface area contributed by atoms with Crippen molar-refractivity contribution in [3.05, 3.63) is 5.92 Å². The van der Waals surface area contributed by atoms with Gasteiger partial charge >= 0.3 is 0 Å². The smallest absolute Gasteiger partial charge is 0.111 e. The average molecular weight is 108 g/mol. The van der Waals surface area contributed by atoms with E-state index < -0.39 is 5.60 Å². The van der Waals surface area contributed by atoms with Gasteiger partial charge in [0, 0.05) is 5.92 Å². The van der Waals surface area contributed by atoms with Gasteiger partial charge in [-0.3, -0.25) is 0 Å². The Morgan fingerprint density at radius 3 is 2.00 bits per heavy atom. The molecule has 0 amide bonds. The first-order valence-electron chi connectivity index (χ1n) is 3.28. The fraction of sp³-hybridized carbons (Fsp3) is 0.857. The predicted octanol–water partition coefficient (Wildman–Crippen LogP) is 1.32. The van der Waals surface area contributed by atoms with Crippen LogP contribution in [0.5, 0.6) is 0 Å². The minimum absolute atomic E-state index is 0.472. The lowest BCUT2D eigenvalue weighted by atomic mass is 9.68. The van der Waals surface area contributed by atoms with Crippen LogP contribution in [0.2, 0.25) is 0 Å². The van der Waals surface area contributed by atoms with Crippen molar-refractivity contribution in [2.45, 2.75) is 31.3 Å². The molecule has 0 N–H and O–H groups in total. The summed E-state index contributed by atoms with van der Waals surface area (Å²) in [5.74, 6) is 1.34. The summed E-state index contributed by atoms with van der Waals surface area (Å²) in [6.07, 6.45) is 4.40. The third-order valence-corrected chi connectivity index (χ3v) is 3.14. The zero-order valence-electron chi connectivity index (χ0n) is 4.74. The Morgan fingerprint density at radius 1 is 1.25 bits per heavy atom. The van der Waals surface area contributed by atoms with Gasteiger partial charge in [0.2, 0.25) is 0 Å². The molecule has 6 saturated carbocycles. The van der Waals surface area contributed by atoms with Gasteiger partial charge in [-0.2, -0.15) is 0 Å². The third-order valence-electron chi connectivity index (χ3n) is 3.14. The van der Waals surface area contributed by atoms with E-state index in [1.165, 1.54) is 18.8 Å². The fourth-order valence-electron chi connectivity index (χ4n) is 2.84. The maximum Gasteiger partial charge on any atom is 0.111 e. The maximum atomic E-state index is 11.3. The van der Waals surface area contributed by atoms with Gasteiger partial charge in [0.05, 0.1) is 0 Å². The van der Waals surface area contributed by atoms with E-state index in [1.54, 1.807) is 0 Å². The first-order valence-corrected chi connectivity index (χ1v) is 3.28. The minimum Gasteiger partial charge on any atom is -0.229 e. The van der Waals surface area contributed by atoms with E-state index >= 15 is 0 Å². The zero-order chi connectivity index (χ0) is 5.41. The summed E-state index contributed by atoms with van der Waals surface area (Å²) in [6.45, 7) is 0. The molecule has 6 aliphatic rings. The maximum absolute atomic E-state index is 11.3. The van der Waals surface area contributed by atoms with Crippen LogP contribution in [-0.4, -0.2) is 5.60 Å². The van der Waals surface area contributed by atoms with Gasteiger partial charge in [-0.15, -0.1) is 0 Å². The van der Waals surface area contributed by atoms with Crippen molar-refractivity contribution in [3.8, 4) is 0 Å². The van der Waals surface area contributed by atoms with E-state index in [9.17, 15) is 5.11 Å². The standard InChI is InChI=1S/C7H8O/c8-7-3-6(4-7)1-5(7)2-6/h1-4H2. The highest BCUT2D eigenvalue weighted by atomic mass is 16.3. The van der Waals surface area contributed by atoms with E-state index in [1.807, 2.05) is 0 Å². The molecule has 0 aromatic heterocycles. The third kappa shape index (κ3) is 0.188. The number of rotatable bonds is 0. The van der Waals surface area contributed by atoms with Gasteiger partial charge in [-0.25, -0.2) is 5.11 Å². The lowest BCUT2D eigenvalue weighted by molar-refractivity contribution is -0.0697. The van der Waals surface area contributed by atoms with Crippen molar-refractivity contribution in [1.29, 1.82) is 0 Å². The molecule has 2 radical (unpaired) electrons. The molecule has 3 bridgehead atoms. The monoisotopic (exact) mass is 108 g/mol. The molecule has 8 heavy (non-hydrogen) atoms. The van der Waals surface area contributed by atoms with Gasteiger partial charge < -0.3 is 0 Å². The van der Waals surface area contributed by atoms with Crippen LogP contribution >= 0.6 is 0 Å². The second kappa shape index (κ2) is 0.688. The molecular weight excluding hydrogens is 100 g/mol. The van der Waals surface area contributed by atoms with Crippen LogP contribution in [0.3, 0.4) is 0 Å². The fourth-order valence-corrected chi connectivity index (χ4v) is 2.84. The van der Waals surface area contributed by atoms with Crippen LogP contribution in [0.25, 0.3) is 0 Å². The Morgan fingerprint density at radius 2 is 1.88 bits per heavy atom. The molecule has 1 spiro atoms. The van der Waals surface area contributed by atoms with Gasteiger partial charge in [-0.1, -0.05) is 0 Å². The molecule has 0 aromatic carbocycles. The van der Waals surface area contributed by atoms with Crippen LogP contribution in [-0.2, 0) is 5.11 Å². The van der Waals surface area contributed by atoms with E-state index in [0.29, 0.717) is 5.41 Å². The van der Waals surface area contributed by atoms with Crippen LogP contribution in [0.15, 0.2) is 0 Å². The molecule has 6 aliphatic carbocycles. The highest BCUT2D eigenvalue weighted by molar-refractivity contribution is 5.40. The van der Waals surface area contributed by atoms with Gasteiger partial charge in [-0.05, 0) is 31.1 Å². The summed E-state index contributed by atoms with van der Waals surface area (Å²) in [6, 6.07) is 0. The van der Waals surface area contributed by atoms with Crippen LogP contribution in [0, 0.1) is 11.3 Å². The Labute approximate surface area is 48.7 Å². The van der Waals surface area contributed by atoms with E-state index in [4.69, 9.17) is 0 Å². The second-order valence-corrected chi connectivity index (χ2v) is 3.80. The second-order valence-electron chi connectivity index (χ2n) is 3.80. The van der Waals surface area contributed by atoms with E-state index in [0.717, 1.165) is 12.8 Å². The first-order chi connectivity index (χ1) is 3.73. The van der Waals surface area contributed by atoms with Crippen molar-refractivity contribution >= 4 is 0 Å². The van der Waals surface area contributed by atoms with Crippen molar-refractivity contribution in [2.75, 3.05) is 0 Å². The van der Waals surface area contributed by atoms with Crippen LogP contribution < -0.4 is 0 Å². The quantitative estimate of drug-likeness (QED) is 0.446. The minimum atomic E-state index is -0.472. The molecule has 0 aromatic rings. The van der Waals surface area contributed by atoms with Gasteiger partial charge in [0.15, 0.2) is 0 Å². The molecule has 6 fully saturated rings. The summed E-state index contributed by atoms with van der Waals surface area (Å²) in [7, 11) is 0. The summed E-state index contributed by atoms with van der Waals surface area (Å²) in [5.41, 5.74) is 0.122. The summed E-state index contributed by atoms with van der Waals surface area (Å²) in [4.78, 5) is 0. The highest BCUT2D eigenvalue weighted by Crippen LogP contribution is 2.78. The average Bonchev–Trinajstić information content (AvgIpc) is 1.86. The van der Waals surface area contributed by atoms with Crippen molar-refractivity contribution in [2.24, 2.45) is 5.41 Å². The van der Waals surface area contributed by atoms with Crippen molar-refractivity contribution in [1.82, 2.24) is 0 Å².